The molecule has 4 nitrogen and oxygen atoms in total. The number of rotatable bonds is 7. The molecule has 0 amide bonds. The minimum atomic E-state index is -4.30. The van der Waals surface area contributed by atoms with Crippen molar-refractivity contribution in [1.82, 2.24) is 5.32 Å². The van der Waals surface area contributed by atoms with Gasteiger partial charge >= 0.3 is 6.18 Å². The maximum atomic E-state index is 12.0. The van der Waals surface area contributed by atoms with E-state index in [1.165, 1.54) is 0 Å². The van der Waals surface area contributed by atoms with Gasteiger partial charge in [0.1, 0.15) is 6.61 Å². The molecule has 1 rings (SSSR count). The lowest BCUT2D eigenvalue weighted by Crippen LogP contribution is -2.32. The molecule has 3 N–H and O–H groups in total. The van der Waals surface area contributed by atoms with Crippen molar-refractivity contribution in [2.24, 2.45) is 10.7 Å². The summed E-state index contributed by atoms with van der Waals surface area (Å²) in [4.78, 5) is 4.16. The first-order chi connectivity index (χ1) is 9.90. The average molecular weight is 303 g/mol. The molecule has 0 unspecified atom stereocenters. The predicted molar refractivity (Wildman–Crippen MR) is 75.8 cm³/mol. The summed E-state index contributed by atoms with van der Waals surface area (Å²) in [5, 5.41) is 2.95. The van der Waals surface area contributed by atoms with Crippen molar-refractivity contribution in [1.29, 1.82) is 0 Å². The van der Waals surface area contributed by atoms with E-state index in [2.05, 4.69) is 15.0 Å². The van der Waals surface area contributed by atoms with Gasteiger partial charge in [-0.15, -0.1) is 0 Å². The van der Waals surface area contributed by atoms with Crippen LogP contribution in [0.25, 0.3) is 0 Å². The van der Waals surface area contributed by atoms with E-state index in [4.69, 9.17) is 5.73 Å². The van der Waals surface area contributed by atoms with Gasteiger partial charge in [-0.2, -0.15) is 13.2 Å². The largest absolute Gasteiger partial charge is 0.411 e. The molecule has 7 heteroatoms. The van der Waals surface area contributed by atoms with Gasteiger partial charge in [-0.3, -0.25) is 0 Å². The fourth-order valence-electron chi connectivity index (χ4n) is 1.59. The Morgan fingerprint density at radius 1 is 1.33 bits per heavy atom. The number of guanidine groups is 1. The normalized spacial score (nSPS) is 12.5. The van der Waals surface area contributed by atoms with Crippen molar-refractivity contribution >= 4 is 5.96 Å². The number of halogens is 3. The molecule has 0 radical (unpaired) electrons. The Kier molecular flexibility index (Phi) is 7.01. The molecule has 0 atom stereocenters. The Hall–Kier alpha value is -1.76. The first-order valence-corrected chi connectivity index (χ1v) is 6.67. The fraction of sp³-hybridized carbons (Fsp3) is 0.500. The molecule has 0 bridgehead atoms. The number of benzene rings is 1. The zero-order chi connectivity index (χ0) is 15.7. The maximum Gasteiger partial charge on any atom is 0.411 e. The Bertz CT molecular complexity index is 461. The van der Waals surface area contributed by atoms with Gasteiger partial charge in [0, 0.05) is 6.54 Å². The van der Waals surface area contributed by atoms with E-state index in [0.717, 1.165) is 18.5 Å². The summed E-state index contributed by atoms with van der Waals surface area (Å²) >= 11 is 0. The molecule has 118 valence electrons. The monoisotopic (exact) mass is 303 g/mol. The highest BCUT2D eigenvalue weighted by Gasteiger charge is 2.27. The van der Waals surface area contributed by atoms with E-state index < -0.39 is 12.8 Å². The second kappa shape index (κ2) is 8.51. The second-order valence-electron chi connectivity index (χ2n) is 4.56. The van der Waals surface area contributed by atoms with Crippen LogP contribution in [0.15, 0.2) is 29.3 Å². The van der Waals surface area contributed by atoms with E-state index in [9.17, 15) is 13.2 Å². The minimum Gasteiger partial charge on any atom is -0.370 e. The summed E-state index contributed by atoms with van der Waals surface area (Å²) in [5.41, 5.74) is 7.20. The predicted octanol–water partition coefficient (Wildman–Crippen LogP) is 2.58. The number of nitrogens with one attached hydrogen (secondary N) is 1. The Labute approximate surface area is 122 Å². The number of alkyl halides is 3. The first-order valence-electron chi connectivity index (χ1n) is 6.67. The maximum absolute atomic E-state index is 12.0. The lowest BCUT2D eigenvalue weighted by molar-refractivity contribution is -0.176. The van der Waals surface area contributed by atoms with Gasteiger partial charge in [0.2, 0.25) is 0 Å². The minimum absolute atomic E-state index is 0.0827. The molecule has 0 aliphatic carbocycles. The van der Waals surface area contributed by atoms with Crippen LogP contribution < -0.4 is 11.1 Å². The van der Waals surface area contributed by atoms with Crippen LogP contribution in [0.4, 0.5) is 13.2 Å². The molecule has 0 aliphatic rings. The average Bonchev–Trinajstić information content (AvgIpc) is 2.42. The lowest BCUT2D eigenvalue weighted by atomic mass is 10.1. The van der Waals surface area contributed by atoms with Crippen molar-refractivity contribution in [2.75, 3.05) is 13.2 Å². The summed E-state index contributed by atoms with van der Waals surface area (Å²) in [6.45, 7) is 1.81. The van der Waals surface area contributed by atoms with Crippen LogP contribution in [-0.2, 0) is 17.9 Å². The molecule has 0 aromatic heterocycles. The Morgan fingerprint density at radius 2 is 2.05 bits per heavy atom. The number of ether oxygens (including phenoxy) is 1. The van der Waals surface area contributed by atoms with Crippen LogP contribution in [0.5, 0.6) is 0 Å². The van der Waals surface area contributed by atoms with E-state index in [1.54, 1.807) is 18.2 Å². The van der Waals surface area contributed by atoms with Gasteiger partial charge in [-0.25, -0.2) is 4.99 Å². The molecule has 0 spiro atoms. The Morgan fingerprint density at radius 3 is 2.71 bits per heavy atom. The van der Waals surface area contributed by atoms with Gasteiger partial charge in [0.05, 0.1) is 13.2 Å². The highest BCUT2D eigenvalue weighted by Crippen LogP contribution is 2.16. The van der Waals surface area contributed by atoms with Gasteiger partial charge < -0.3 is 15.8 Å². The summed E-state index contributed by atoms with van der Waals surface area (Å²) in [6.07, 6.45) is -3.36. The van der Waals surface area contributed by atoms with Crippen LogP contribution in [-0.4, -0.2) is 25.3 Å². The van der Waals surface area contributed by atoms with Gasteiger partial charge in [-0.1, -0.05) is 31.2 Å². The zero-order valence-electron chi connectivity index (χ0n) is 11.9. The highest BCUT2D eigenvalue weighted by molar-refractivity contribution is 5.77. The number of hydrogen-bond donors (Lipinski definition) is 2. The zero-order valence-corrected chi connectivity index (χ0v) is 11.9. The summed E-state index contributed by atoms with van der Waals surface area (Å²) in [5.74, 6) is 0.357. The fourth-order valence-corrected chi connectivity index (χ4v) is 1.59. The summed E-state index contributed by atoms with van der Waals surface area (Å²) in [7, 11) is 0. The van der Waals surface area contributed by atoms with Crippen LogP contribution in [0.1, 0.15) is 24.5 Å². The van der Waals surface area contributed by atoms with Crippen molar-refractivity contribution < 1.29 is 17.9 Å². The highest BCUT2D eigenvalue weighted by atomic mass is 19.4. The lowest BCUT2D eigenvalue weighted by Gasteiger charge is -2.08. The number of hydrogen-bond acceptors (Lipinski definition) is 2. The molecule has 0 fully saturated rings. The van der Waals surface area contributed by atoms with E-state index in [1.807, 2.05) is 13.0 Å². The van der Waals surface area contributed by atoms with Gasteiger partial charge in [0.15, 0.2) is 5.96 Å². The van der Waals surface area contributed by atoms with E-state index >= 15 is 0 Å². The standard InChI is InChI=1S/C14H20F3N3O/c1-2-6-19-13(18)20-8-11-4-3-5-12(7-11)9-21-10-14(15,16)17/h3-5,7H,2,6,8-10H2,1H3,(H3,18,19,20). The quantitative estimate of drug-likeness (QED) is 0.601. The third-order valence-electron chi connectivity index (χ3n) is 2.51. The molecule has 0 saturated heterocycles. The third kappa shape index (κ3) is 8.19. The topological polar surface area (TPSA) is 59.6 Å². The smallest absolute Gasteiger partial charge is 0.370 e. The van der Waals surface area contributed by atoms with Crippen LogP contribution in [0, 0.1) is 0 Å². The SMILES string of the molecule is CCCNC(N)=NCc1cccc(COCC(F)(F)F)c1. The van der Waals surface area contributed by atoms with E-state index in [0.29, 0.717) is 18.1 Å². The molecule has 1 aromatic rings. The van der Waals surface area contributed by atoms with E-state index in [-0.39, 0.29) is 6.61 Å². The summed E-state index contributed by atoms with van der Waals surface area (Å²) in [6, 6.07) is 7.06. The molecular formula is C14H20F3N3O. The van der Waals surface area contributed by atoms with Crippen molar-refractivity contribution in [3.8, 4) is 0 Å². The molecular weight excluding hydrogens is 283 g/mol. The van der Waals surface area contributed by atoms with Crippen LogP contribution in [0.2, 0.25) is 0 Å². The molecule has 21 heavy (non-hydrogen) atoms. The third-order valence-corrected chi connectivity index (χ3v) is 2.51. The summed E-state index contributed by atoms with van der Waals surface area (Å²) < 4.78 is 40.6. The number of nitrogens with zero attached hydrogens (tertiary/aromatic N) is 1. The first kappa shape index (κ1) is 17.3. The molecule has 0 saturated carbocycles. The molecule has 0 aliphatic heterocycles. The molecule has 0 heterocycles. The van der Waals surface area contributed by atoms with Crippen LogP contribution in [0.3, 0.4) is 0 Å². The Balaban J connectivity index is 2.48. The second-order valence-corrected chi connectivity index (χ2v) is 4.56. The number of nitrogens with two attached hydrogens (primary N) is 1. The van der Waals surface area contributed by atoms with Gasteiger partial charge in [0.25, 0.3) is 0 Å². The van der Waals surface area contributed by atoms with Crippen LogP contribution >= 0.6 is 0 Å². The van der Waals surface area contributed by atoms with Crippen molar-refractivity contribution in [3.63, 3.8) is 0 Å². The molecule has 1 aromatic carbocycles. The van der Waals surface area contributed by atoms with Crippen molar-refractivity contribution in [3.05, 3.63) is 35.4 Å². The van der Waals surface area contributed by atoms with Crippen molar-refractivity contribution in [2.45, 2.75) is 32.7 Å². The van der Waals surface area contributed by atoms with Gasteiger partial charge in [-0.05, 0) is 17.5 Å². The number of aliphatic imine (C=N–C) groups is 1.